The van der Waals surface area contributed by atoms with Crippen LogP contribution in [0, 0.1) is 5.92 Å². The summed E-state index contributed by atoms with van der Waals surface area (Å²) in [6, 6.07) is 4.43. The molecule has 0 radical (unpaired) electrons. The first-order valence-corrected chi connectivity index (χ1v) is 9.38. The van der Waals surface area contributed by atoms with Crippen molar-refractivity contribution in [3.8, 4) is 5.75 Å². The molecular formula is C15H19ClN2O4S. The molecule has 0 bridgehead atoms. The lowest BCUT2D eigenvalue weighted by molar-refractivity contribution is -0.133. The fourth-order valence-electron chi connectivity index (χ4n) is 2.69. The Morgan fingerprint density at radius 1 is 1.22 bits per heavy atom. The zero-order valence-corrected chi connectivity index (χ0v) is 14.4. The van der Waals surface area contributed by atoms with Crippen molar-refractivity contribution in [3.05, 3.63) is 23.2 Å². The summed E-state index contributed by atoms with van der Waals surface area (Å²) in [5.41, 5.74) is 0. The summed E-state index contributed by atoms with van der Waals surface area (Å²) in [4.78, 5) is 13.9. The van der Waals surface area contributed by atoms with Crippen molar-refractivity contribution in [1.29, 1.82) is 0 Å². The molecular weight excluding hydrogens is 340 g/mol. The average molecular weight is 359 g/mol. The maximum atomic E-state index is 12.7. The normalized spacial score (nSPS) is 19.7. The summed E-state index contributed by atoms with van der Waals surface area (Å²) < 4.78 is 31.8. The molecule has 1 saturated heterocycles. The number of benzene rings is 1. The van der Waals surface area contributed by atoms with Crippen LogP contribution in [0.1, 0.15) is 12.8 Å². The lowest BCUT2D eigenvalue weighted by Crippen LogP contribution is -2.50. The Morgan fingerprint density at radius 2 is 1.87 bits per heavy atom. The summed E-state index contributed by atoms with van der Waals surface area (Å²) in [6.07, 6.45) is 1.92. The van der Waals surface area contributed by atoms with Crippen LogP contribution in [0.4, 0.5) is 0 Å². The van der Waals surface area contributed by atoms with E-state index in [9.17, 15) is 13.2 Å². The Balaban J connectivity index is 1.71. The van der Waals surface area contributed by atoms with Gasteiger partial charge in [0.25, 0.3) is 0 Å². The number of amides is 1. The minimum absolute atomic E-state index is 0.144. The molecule has 1 aliphatic carbocycles. The van der Waals surface area contributed by atoms with Crippen molar-refractivity contribution in [2.24, 2.45) is 5.92 Å². The van der Waals surface area contributed by atoms with E-state index >= 15 is 0 Å². The number of carbonyl (C=O) groups excluding carboxylic acids is 1. The molecule has 1 heterocycles. The monoisotopic (exact) mass is 358 g/mol. The van der Waals surface area contributed by atoms with Crippen LogP contribution >= 0.6 is 11.6 Å². The first kappa shape index (κ1) is 16.5. The number of halogens is 1. The minimum atomic E-state index is -3.61. The van der Waals surface area contributed by atoms with Crippen molar-refractivity contribution in [2.45, 2.75) is 17.7 Å². The quantitative estimate of drug-likeness (QED) is 0.819. The third-order valence-corrected chi connectivity index (χ3v) is 6.43. The summed E-state index contributed by atoms with van der Waals surface area (Å²) in [7, 11) is -2.13. The second-order valence-corrected chi connectivity index (χ2v) is 8.15. The molecule has 0 N–H and O–H groups in total. The van der Waals surface area contributed by atoms with Crippen LogP contribution in [-0.4, -0.2) is 56.8 Å². The lowest BCUT2D eigenvalue weighted by atomic mass is 10.3. The highest BCUT2D eigenvalue weighted by molar-refractivity contribution is 7.89. The lowest BCUT2D eigenvalue weighted by Gasteiger charge is -2.34. The van der Waals surface area contributed by atoms with Gasteiger partial charge in [-0.15, -0.1) is 0 Å². The Kier molecular flexibility index (Phi) is 4.53. The second kappa shape index (κ2) is 6.30. The van der Waals surface area contributed by atoms with Gasteiger partial charge in [0.1, 0.15) is 5.75 Å². The van der Waals surface area contributed by atoms with E-state index in [1.165, 1.54) is 23.5 Å². The largest absolute Gasteiger partial charge is 0.495 e. The van der Waals surface area contributed by atoms with Crippen LogP contribution in [0.2, 0.25) is 5.02 Å². The van der Waals surface area contributed by atoms with Crippen LogP contribution in [-0.2, 0) is 14.8 Å². The van der Waals surface area contributed by atoms with Gasteiger partial charge in [0.05, 0.1) is 17.0 Å². The molecule has 0 unspecified atom stereocenters. The Hall–Kier alpha value is -1.31. The third-order valence-electron chi connectivity index (χ3n) is 4.24. The van der Waals surface area contributed by atoms with Crippen LogP contribution in [0.3, 0.4) is 0 Å². The van der Waals surface area contributed by atoms with E-state index in [-0.39, 0.29) is 21.7 Å². The van der Waals surface area contributed by atoms with Gasteiger partial charge in [0.15, 0.2) is 0 Å². The number of hydrogen-bond acceptors (Lipinski definition) is 4. The predicted octanol–water partition coefficient (Wildman–Crippen LogP) is 1.59. The number of hydrogen-bond donors (Lipinski definition) is 0. The van der Waals surface area contributed by atoms with E-state index in [2.05, 4.69) is 0 Å². The fraction of sp³-hybridized carbons (Fsp3) is 0.533. The van der Waals surface area contributed by atoms with E-state index in [0.29, 0.717) is 31.9 Å². The van der Waals surface area contributed by atoms with Crippen molar-refractivity contribution in [3.63, 3.8) is 0 Å². The van der Waals surface area contributed by atoms with Crippen LogP contribution < -0.4 is 4.74 Å². The Bertz CT molecular complexity index is 710. The van der Waals surface area contributed by atoms with Crippen molar-refractivity contribution in [1.82, 2.24) is 9.21 Å². The van der Waals surface area contributed by atoms with Gasteiger partial charge in [0, 0.05) is 32.1 Å². The van der Waals surface area contributed by atoms with Crippen molar-refractivity contribution in [2.75, 3.05) is 33.3 Å². The maximum absolute atomic E-state index is 12.7. The third kappa shape index (κ3) is 3.32. The molecule has 0 atom stereocenters. The molecule has 126 valence electrons. The molecule has 1 amide bonds. The standard InChI is InChI=1S/C15H19ClN2O4S/c1-22-14-5-4-12(10-13(14)16)23(20,21)18-8-6-17(7-9-18)15(19)11-2-3-11/h4-5,10-11H,2-3,6-9H2,1H3. The van der Waals surface area contributed by atoms with Crippen molar-refractivity contribution < 1.29 is 17.9 Å². The minimum Gasteiger partial charge on any atom is -0.495 e. The molecule has 23 heavy (non-hydrogen) atoms. The molecule has 8 heteroatoms. The molecule has 1 saturated carbocycles. The number of piperazine rings is 1. The number of methoxy groups -OCH3 is 1. The SMILES string of the molecule is COc1ccc(S(=O)(=O)N2CCN(C(=O)C3CC3)CC2)cc1Cl. The Labute approximate surface area is 141 Å². The van der Waals surface area contributed by atoms with Gasteiger partial charge in [0.2, 0.25) is 15.9 Å². The van der Waals surface area contributed by atoms with E-state index in [0.717, 1.165) is 12.8 Å². The van der Waals surface area contributed by atoms with Gasteiger partial charge in [-0.3, -0.25) is 4.79 Å². The van der Waals surface area contributed by atoms with Crippen molar-refractivity contribution >= 4 is 27.5 Å². The maximum Gasteiger partial charge on any atom is 0.243 e. The number of carbonyl (C=O) groups is 1. The van der Waals surface area contributed by atoms with E-state index in [1.54, 1.807) is 11.0 Å². The molecule has 3 rings (SSSR count). The molecule has 0 spiro atoms. The predicted molar refractivity (Wildman–Crippen MR) is 86.1 cm³/mol. The van der Waals surface area contributed by atoms with E-state index in [4.69, 9.17) is 16.3 Å². The van der Waals surface area contributed by atoms with E-state index < -0.39 is 10.0 Å². The molecule has 1 aromatic rings. The molecule has 6 nitrogen and oxygen atoms in total. The highest BCUT2D eigenvalue weighted by Crippen LogP contribution is 2.32. The van der Waals surface area contributed by atoms with Gasteiger partial charge >= 0.3 is 0 Å². The van der Waals surface area contributed by atoms with Crippen LogP contribution in [0.15, 0.2) is 23.1 Å². The highest BCUT2D eigenvalue weighted by atomic mass is 35.5. The molecule has 2 aliphatic rings. The first-order chi connectivity index (χ1) is 10.9. The number of nitrogens with zero attached hydrogens (tertiary/aromatic N) is 2. The van der Waals surface area contributed by atoms with Crippen LogP contribution in [0.25, 0.3) is 0 Å². The average Bonchev–Trinajstić information content (AvgIpc) is 3.39. The van der Waals surface area contributed by atoms with Gasteiger partial charge in [-0.2, -0.15) is 4.31 Å². The summed E-state index contributed by atoms with van der Waals surface area (Å²) >= 11 is 6.02. The van der Waals surface area contributed by atoms with Gasteiger partial charge in [-0.1, -0.05) is 11.6 Å². The first-order valence-electron chi connectivity index (χ1n) is 7.56. The number of rotatable bonds is 4. The number of ether oxygens (including phenoxy) is 1. The van der Waals surface area contributed by atoms with Gasteiger partial charge in [-0.25, -0.2) is 8.42 Å². The van der Waals surface area contributed by atoms with E-state index in [1.807, 2.05) is 0 Å². The zero-order valence-electron chi connectivity index (χ0n) is 12.9. The molecule has 2 fully saturated rings. The summed E-state index contributed by atoms with van der Waals surface area (Å²) in [5.74, 6) is 0.763. The Morgan fingerprint density at radius 3 is 2.39 bits per heavy atom. The number of sulfonamides is 1. The van der Waals surface area contributed by atoms with Gasteiger partial charge < -0.3 is 9.64 Å². The molecule has 1 aromatic carbocycles. The second-order valence-electron chi connectivity index (χ2n) is 5.80. The zero-order chi connectivity index (χ0) is 16.6. The fourth-order valence-corrected chi connectivity index (χ4v) is 4.47. The highest BCUT2D eigenvalue weighted by Gasteiger charge is 2.36. The molecule has 1 aliphatic heterocycles. The van der Waals surface area contributed by atoms with Gasteiger partial charge in [-0.05, 0) is 31.0 Å². The summed E-state index contributed by atoms with van der Waals surface area (Å²) in [5, 5.41) is 0.260. The van der Waals surface area contributed by atoms with Crippen LogP contribution in [0.5, 0.6) is 5.75 Å². The molecule has 0 aromatic heterocycles. The topological polar surface area (TPSA) is 66.9 Å². The summed E-state index contributed by atoms with van der Waals surface area (Å²) in [6.45, 7) is 1.51. The smallest absolute Gasteiger partial charge is 0.243 e.